The summed E-state index contributed by atoms with van der Waals surface area (Å²) >= 11 is 0. The molecule has 358 valence electrons. The lowest BCUT2D eigenvalue weighted by Gasteiger charge is -2.18. The van der Waals surface area contributed by atoms with Gasteiger partial charge in [0, 0.05) is 19.3 Å². The molecule has 0 saturated carbocycles. The third-order valence-electron chi connectivity index (χ3n) is 9.89. The summed E-state index contributed by atoms with van der Waals surface area (Å²) in [7, 11) is 0. The minimum Gasteiger partial charge on any atom is -0.462 e. The Morgan fingerprint density at radius 1 is 0.312 bits per heavy atom. The van der Waals surface area contributed by atoms with E-state index in [4.69, 9.17) is 14.2 Å². The maximum absolute atomic E-state index is 12.7. The highest BCUT2D eigenvalue weighted by Crippen LogP contribution is 2.13. The Balaban J connectivity index is 4.52. The first-order valence-electron chi connectivity index (χ1n) is 25.2. The summed E-state index contributed by atoms with van der Waals surface area (Å²) in [5.41, 5.74) is 0. The number of carbonyl (C=O) groups is 3. The molecule has 64 heavy (non-hydrogen) atoms. The molecule has 0 N–H and O–H groups in total. The van der Waals surface area contributed by atoms with E-state index >= 15 is 0 Å². The smallest absolute Gasteiger partial charge is 0.306 e. The number of ether oxygens (including phenoxy) is 3. The van der Waals surface area contributed by atoms with Crippen molar-refractivity contribution in [3.8, 4) is 0 Å². The summed E-state index contributed by atoms with van der Waals surface area (Å²) in [6, 6.07) is 0. The van der Waals surface area contributed by atoms with Gasteiger partial charge in [-0.1, -0.05) is 199 Å². The molecule has 6 nitrogen and oxygen atoms in total. The summed E-state index contributed by atoms with van der Waals surface area (Å²) in [6.45, 7) is 6.15. The van der Waals surface area contributed by atoms with Crippen molar-refractivity contribution in [2.24, 2.45) is 0 Å². The van der Waals surface area contributed by atoms with E-state index in [-0.39, 0.29) is 38.0 Å². The van der Waals surface area contributed by atoms with Crippen LogP contribution < -0.4 is 0 Å². The fraction of sp³-hybridized carbons (Fsp3) is 0.569. The van der Waals surface area contributed by atoms with Crippen molar-refractivity contribution >= 4 is 17.9 Å². The van der Waals surface area contributed by atoms with Gasteiger partial charge in [-0.2, -0.15) is 0 Å². The van der Waals surface area contributed by atoms with Gasteiger partial charge in [-0.25, -0.2) is 0 Å². The minimum absolute atomic E-state index is 0.131. The molecule has 0 aliphatic carbocycles. The predicted octanol–water partition coefficient (Wildman–Crippen LogP) is 16.7. The lowest BCUT2D eigenvalue weighted by molar-refractivity contribution is -0.166. The molecule has 0 saturated heterocycles. The largest absolute Gasteiger partial charge is 0.462 e. The van der Waals surface area contributed by atoms with E-state index in [0.29, 0.717) is 19.3 Å². The van der Waals surface area contributed by atoms with Gasteiger partial charge in [0.2, 0.25) is 0 Å². The lowest BCUT2D eigenvalue weighted by Crippen LogP contribution is -2.30. The lowest BCUT2D eigenvalue weighted by atomic mass is 10.1. The number of rotatable bonds is 43. The van der Waals surface area contributed by atoms with Crippen LogP contribution in [0.25, 0.3) is 0 Å². The monoisotopic (exact) mass is 883 g/mol. The number of hydrogen-bond donors (Lipinski definition) is 0. The second-order valence-corrected chi connectivity index (χ2v) is 15.9. The number of carbonyl (C=O) groups excluding carboxylic acids is 3. The van der Waals surface area contributed by atoms with Crippen molar-refractivity contribution in [2.75, 3.05) is 13.2 Å². The van der Waals surface area contributed by atoms with E-state index < -0.39 is 12.1 Å². The third-order valence-corrected chi connectivity index (χ3v) is 9.89. The van der Waals surface area contributed by atoms with Crippen LogP contribution in [0.4, 0.5) is 0 Å². The van der Waals surface area contributed by atoms with Crippen LogP contribution in [0.15, 0.2) is 134 Å². The van der Waals surface area contributed by atoms with Crippen molar-refractivity contribution < 1.29 is 28.6 Å². The Bertz CT molecular complexity index is 1430. The van der Waals surface area contributed by atoms with Gasteiger partial charge in [-0.3, -0.25) is 14.4 Å². The summed E-state index contributed by atoms with van der Waals surface area (Å²) < 4.78 is 16.6. The summed E-state index contributed by atoms with van der Waals surface area (Å²) in [6.07, 6.45) is 71.8. The third kappa shape index (κ3) is 48.6. The number of esters is 3. The molecule has 0 rings (SSSR count). The molecule has 0 spiro atoms. The zero-order chi connectivity index (χ0) is 46.5. The van der Waals surface area contributed by atoms with Crippen molar-refractivity contribution in [2.45, 2.75) is 200 Å². The average molecular weight is 883 g/mol. The fourth-order valence-electron chi connectivity index (χ4n) is 6.23. The summed E-state index contributed by atoms with van der Waals surface area (Å²) in [4.78, 5) is 37.9. The zero-order valence-corrected chi connectivity index (χ0v) is 40.7. The van der Waals surface area contributed by atoms with Gasteiger partial charge in [-0.05, 0) is 109 Å². The maximum Gasteiger partial charge on any atom is 0.306 e. The van der Waals surface area contributed by atoms with Gasteiger partial charge in [0.25, 0.3) is 0 Å². The molecule has 0 heterocycles. The van der Waals surface area contributed by atoms with Gasteiger partial charge in [0.15, 0.2) is 6.10 Å². The first-order chi connectivity index (χ1) is 31.5. The van der Waals surface area contributed by atoms with Crippen LogP contribution in [-0.2, 0) is 28.6 Å². The van der Waals surface area contributed by atoms with Gasteiger partial charge in [0.05, 0.1) is 0 Å². The molecular weight excluding hydrogens is 793 g/mol. The molecule has 0 radical (unpaired) electrons. The van der Waals surface area contributed by atoms with E-state index in [1.165, 1.54) is 38.5 Å². The van der Waals surface area contributed by atoms with E-state index in [1.54, 1.807) is 0 Å². The maximum atomic E-state index is 12.7. The van der Waals surface area contributed by atoms with Crippen LogP contribution in [0.5, 0.6) is 0 Å². The van der Waals surface area contributed by atoms with E-state index in [2.05, 4.69) is 142 Å². The van der Waals surface area contributed by atoms with E-state index in [0.717, 1.165) is 103 Å². The average Bonchev–Trinajstić information content (AvgIpc) is 3.29. The second kappa shape index (κ2) is 51.2. The first kappa shape index (κ1) is 59.5. The standard InChI is InChI=1S/C58H90O6/c1-4-7-10-13-16-19-22-24-26-28-29-30-32-33-36-39-42-45-48-51-57(60)63-54-55(53-62-56(59)50-47-44-41-38-35-21-18-15-12-9-6-3)64-58(61)52-49-46-43-40-37-34-31-27-25-23-20-17-14-11-8-5-2/h7-12,16-21,24-27,34,37-38,41,43,46,55H,4-6,13-15,22-23,28-33,35-36,39-40,42,44-45,47-54H2,1-3H3/b10-7-,11-8-,12-9-,19-16-,20-17-,21-18-,26-24-,27-25-,37-34-,41-38-,46-43-. The van der Waals surface area contributed by atoms with E-state index in [9.17, 15) is 14.4 Å². The Hall–Kier alpha value is -4.45. The summed E-state index contributed by atoms with van der Waals surface area (Å²) in [5.74, 6) is -1.09. The molecule has 1 unspecified atom stereocenters. The molecule has 0 aliphatic rings. The Kier molecular flexibility index (Phi) is 47.6. The summed E-state index contributed by atoms with van der Waals surface area (Å²) in [5, 5.41) is 0. The molecular formula is C58H90O6. The van der Waals surface area contributed by atoms with Gasteiger partial charge in [0.1, 0.15) is 13.2 Å². The quantitative estimate of drug-likeness (QED) is 0.0263. The Labute approximate surface area is 392 Å². The Morgan fingerprint density at radius 3 is 1.00 bits per heavy atom. The molecule has 0 aromatic carbocycles. The minimum atomic E-state index is -0.844. The van der Waals surface area contributed by atoms with Crippen molar-refractivity contribution in [3.63, 3.8) is 0 Å². The molecule has 1 atom stereocenters. The molecule has 6 heteroatoms. The predicted molar refractivity (Wildman–Crippen MR) is 274 cm³/mol. The van der Waals surface area contributed by atoms with Crippen LogP contribution in [0.1, 0.15) is 194 Å². The highest BCUT2D eigenvalue weighted by atomic mass is 16.6. The van der Waals surface area contributed by atoms with Crippen LogP contribution in [0.3, 0.4) is 0 Å². The van der Waals surface area contributed by atoms with Crippen LogP contribution in [0, 0.1) is 0 Å². The SMILES string of the molecule is CC/C=C\C/C=C\C/C=C\C/C=C\C/C=C\CCC(=O)OC(COC(=O)CCC/C=C\C/C=C\C/C=C\CC)COC(=O)CCCCCCCCCCC/C=C\C/C=C\C/C=C\CC. The molecule has 0 bridgehead atoms. The highest BCUT2D eigenvalue weighted by Gasteiger charge is 2.19. The van der Waals surface area contributed by atoms with Crippen molar-refractivity contribution in [1.29, 1.82) is 0 Å². The number of unbranched alkanes of at least 4 members (excludes halogenated alkanes) is 10. The molecule has 0 aromatic rings. The van der Waals surface area contributed by atoms with Crippen molar-refractivity contribution in [3.05, 3.63) is 134 Å². The molecule has 0 amide bonds. The number of hydrogen-bond acceptors (Lipinski definition) is 6. The fourth-order valence-corrected chi connectivity index (χ4v) is 6.23. The number of allylic oxidation sites excluding steroid dienone is 22. The van der Waals surface area contributed by atoms with Crippen LogP contribution >= 0.6 is 0 Å². The Morgan fingerprint density at radius 2 is 0.609 bits per heavy atom. The topological polar surface area (TPSA) is 78.9 Å². The van der Waals surface area contributed by atoms with Crippen LogP contribution in [-0.4, -0.2) is 37.2 Å². The normalized spacial score (nSPS) is 13.2. The molecule has 0 aliphatic heterocycles. The van der Waals surface area contributed by atoms with Crippen molar-refractivity contribution in [1.82, 2.24) is 0 Å². The molecule has 0 aromatic heterocycles. The van der Waals surface area contributed by atoms with E-state index in [1.807, 2.05) is 12.2 Å². The van der Waals surface area contributed by atoms with Gasteiger partial charge < -0.3 is 14.2 Å². The van der Waals surface area contributed by atoms with Crippen LogP contribution in [0.2, 0.25) is 0 Å². The zero-order valence-electron chi connectivity index (χ0n) is 40.7. The van der Waals surface area contributed by atoms with Gasteiger partial charge in [-0.15, -0.1) is 0 Å². The second-order valence-electron chi connectivity index (χ2n) is 15.9. The highest BCUT2D eigenvalue weighted by molar-refractivity contribution is 5.71. The first-order valence-corrected chi connectivity index (χ1v) is 25.2. The molecule has 0 fully saturated rings. The van der Waals surface area contributed by atoms with Gasteiger partial charge >= 0.3 is 17.9 Å².